The average Bonchev–Trinajstić information content (AvgIpc) is 2.87. The Balaban J connectivity index is 2.43. The zero-order valence-electron chi connectivity index (χ0n) is 11.2. The van der Waals surface area contributed by atoms with Crippen LogP contribution < -0.4 is 0 Å². The maximum absolute atomic E-state index is 12.1. The Morgan fingerprint density at radius 2 is 2.00 bits per heavy atom. The third-order valence-electron chi connectivity index (χ3n) is 3.26. The van der Waals surface area contributed by atoms with Gasteiger partial charge in [-0.15, -0.1) is 6.58 Å². The third-order valence-corrected chi connectivity index (χ3v) is 3.26. The Labute approximate surface area is 109 Å². The van der Waals surface area contributed by atoms with Crippen molar-refractivity contribution in [3.8, 4) is 0 Å². The highest BCUT2D eigenvalue weighted by atomic mass is 16.5. The van der Waals surface area contributed by atoms with Gasteiger partial charge in [0.15, 0.2) is 0 Å². The van der Waals surface area contributed by atoms with Gasteiger partial charge in [0.05, 0.1) is 13.0 Å². The van der Waals surface area contributed by atoms with Crippen LogP contribution in [0, 0.1) is 0 Å². The van der Waals surface area contributed by atoms with Crippen molar-refractivity contribution in [1.29, 1.82) is 0 Å². The van der Waals surface area contributed by atoms with Gasteiger partial charge in [-0.2, -0.15) is 0 Å². The van der Waals surface area contributed by atoms with E-state index in [0.717, 1.165) is 12.8 Å². The number of amides is 1. The van der Waals surface area contributed by atoms with E-state index >= 15 is 0 Å². The molecule has 0 unspecified atom stereocenters. The van der Waals surface area contributed by atoms with Gasteiger partial charge in [0.1, 0.15) is 0 Å². The second-order valence-electron chi connectivity index (χ2n) is 4.58. The van der Waals surface area contributed by atoms with E-state index in [-0.39, 0.29) is 24.7 Å². The van der Waals surface area contributed by atoms with Gasteiger partial charge in [-0.1, -0.05) is 18.9 Å². The normalized spacial score (nSPS) is 15.4. The summed E-state index contributed by atoms with van der Waals surface area (Å²) in [6, 6.07) is 0.331. The average molecular weight is 253 g/mol. The van der Waals surface area contributed by atoms with Gasteiger partial charge in [0.2, 0.25) is 5.91 Å². The molecule has 0 spiro atoms. The standard InChI is InChI=1S/C14H23NO3/c1-3-11-15(12-7-5-6-8-12)13(16)9-10-14(17)18-4-2/h3,12H,1,4-11H2,2H3. The summed E-state index contributed by atoms with van der Waals surface area (Å²) in [5.41, 5.74) is 0. The van der Waals surface area contributed by atoms with Crippen LogP contribution in [-0.4, -0.2) is 36.0 Å². The quantitative estimate of drug-likeness (QED) is 0.516. The predicted octanol–water partition coefficient (Wildman–Crippen LogP) is 2.29. The van der Waals surface area contributed by atoms with Crippen LogP contribution in [0.4, 0.5) is 0 Å². The monoisotopic (exact) mass is 253 g/mol. The molecular formula is C14H23NO3. The molecule has 1 amide bonds. The van der Waals surface area contributed by atoms with Crippen LogP contribution >= 0.6 is 0 Å². The zero-order chi connectivity index (χ0) is 13.4. The van der Waals surface area contributed by atoms with Gasteiger partial charge in [-0.3, -0.25) is 9.59 Å². The number of ether oxygens (including phenoxy) is 1. The minimum Gasteiger partial charge on any atom is -0.466 e. The predicted molar refractivity (Wildman–Crippen MR) is 70.0 cm³/mol. The third kappa shape index (κ3) is 4.51. The molecule has 0 radical (unpaired) electrons. The molecule has 1 aliphatic carbocycles. The van der Waals surface area contributed by atoms with E-state index in [9.17, 15) is 9.59 Å². The number of hydrogen-bond donors (Lipinski definition) is 0. The Hall–Kier alpha value is -1.32. The van der Waals surface area contributed by atoms with Crippen molar-refractivity contribution in [3.63, 3.8) is 0 Å². The molecule has 18 heavy (non-hydrogen) atoms. The molecule has 0 N–H and O–H groups in total. The van der Waals surface area contributed by atoms with E-state index in [4.69, 9.17) is 4.74 Å². The molecular weight excluding hydrogens is 230 g/mol. The molecule has 1 fully saturated rings. The maximum Gasteiger partial charge on any atom is 0.306 e. The highest BCUT2D eigenvalue weighted by Crippen LogP contribution is 2.24. The van der Waals surface area contributed by atoms with E-state index < -0.39 is 0 Å². The minimum absolute atomic E-state index is 0.0369. The molecule has 0 heterocycles. The zero-order valence-corrected chi connectivity index (χ0v) is 11.2. The molecule has 4 heteroatoms. The topological polar surface area (TPSA) is 46.6 Å². The van der Waals surface area contributed by atoms with Crippen molar-refractivity contribution >= 4 is 11.9 Å². The summed E-state index contributed by atoms with van der Waals surface area (Å²) in [4.78, 5) is 25.2. The SMILES string of the molecule is C=CCN(C(=O)CCC(=O)OCC)C1CCCC1. The van der Waals surface area contributed by atoms with Gasteiger partial charge in [0.25, 0.3) is 0 Å². The Bertz CT molecular complexity index is 295. The summed E-state index contributed by atoms with van der Waals surface area (Å²) in [6.07, 6.45) is 6.67. The highest BCUT2D eigenvalue weighted by molar-refractivity contribution is 5.81. The fourth-order valence-electron chi connectivity index (χ4n) is 2.40. The smallest absolute Gasteiger partial charge is 0.306 e. The fourth-order valence-corrected chi connectivity index (χ4v) is 2.40. The van der Waals surface area contributed by atoms with Crippen LogP contribution in [0.1, 0.15) is 45.4 Å². The first kappa shape index (κ1) is 14.7. The molecule has 0 aromatic rings. The fraction of sp³-hybridized carbons (Fsp3) is 0.714. The summed E-state index contributed by atoms with van der Waals surface area (Å²) in [6.45, 7) is 6.40. The van der Waals surface area contributed by atoms with Gasteiger partial charge in [-0.25, -0.2) is 0 Å². The molecule has 1 aliphatic rings. The van der Waals surface area contributed by atoms with E-state index in [1.807, 2.05) is 4.90 Å². The van der Waals surface area contributed by atoms with Crippen molar-refractivity contribution in [2.45, 2.75) is 51.5 Å². The van der Waals surface area contributed by atoms with Gasteiger partial charge in [-0.05, 0) is 19.8 Å². The van der Waals surface area contributed by atoms with Crippen LogP contribution in [0.2, 0.25) is 0 Å². The van der Waals surface area contributed by atoms with Crippen LogP contribution in [0.3, 0.4) is 0 Å². The van der Waals surface area contributed by atoms with Gasteiger partial charge in [0, 0.05) is 19.0 Å². The largest absolute Gasteiger partial charge is 0.466 e. The molecule has 0 saturated heterocycles. The first-order chi connectivity index (χ1) is 8.69. The maximum atomic E-state index is 12.1. The van der Waals surface area contributed by atoms with Crippen LogP contribution in [0.25, 0.3) is 0 Å². The summed E-state index contributed by atoms with van der Waals surface area (Å²) in [5.74, 6) is -0.259. The second-order valence-corrected chi connectivity index (χ2v) is 4.58. The van der Waals surface area contributed by atoms with Crippen LogP contribution in [0.15, 0.2) is 12.7 Å². The highest BCUT2D eigenvalue weighted by Gasteiger charge is 2.25. The lowest BCUT2D eigenvalue weighted by Gasteiger charge is -2.27. The number of nitrogens with zero attached hydrogens (tertiary/aromatic N) is 1. The summed E-state index contributed by atoms with van der Waals surface area (Å²) < 4.78 is 4.83. The number of carbonyl (C=O) groups is 2. The van der Waals surface area contributed by atoms with Crippen LogP contribution in [0.5, 0.6) is 0 Å². The molecule has 0 aromatic heterocycles. The summed E-state index contributed by atoms with van der Waals surface area (Å²) in [7, 11) is 0. The van der Waals surface area contributed by atoms with E-state index in [1.54, 1.807) is 13.0 Å². The molecule has 102 valence electrons. The Kier molecular flexibility index (Phi) is 6.47. The number of rotatable bonds is 7. The minimum atomic E-state index is -0.296. The molecule has 4 nitrogen and oxygen atoms in total. The van der Waals surface area contributed by atoms with Crippen molar-refractivity contribution < 1.29 is 14.3 Å². The number of esters is 1. The van der Waals surface area contributed by atoms with E-state index in [1.165, 1.54) is 12.8 Å². The van der Waals surface area contributed by atoms with Crippen LogP contribution in [-0.2, 0) is 14.3 Å². The van der Waals surface area contributed by atoms with Gasteiger partial charge >= 0.3 is 5.97 Å². The summed E-state index contributed by atoms with van der Waals surface area (Å²) >= 11 is 0. The molecule has 1 rings (SSSR count). The van der Waals surface area contributed by atoms with Crippen molar-refractivity contribution in [2.24, 2.45) is 0 Å². The van der Waals surface area contributed by atoms with Crippen molar-refractivity contribution in [1.82, 2.24) is 4.90 Å². The van der Waals surface area contributed by atoms with E-state index in [0.29, 0.717) is 19.2 Å². The molecule has 0 bridgehead atoms. The first-order valence-electron chi connectivity index (χ1n) is 6.75. The Morgan fingerprint density at radius 1 is 1.33 bits per heavy atom. The second kappa shape index (κ2) is 7.90. The van der Waals surface area contributed by atoms with E-state index in [2.05, 4.69) is 6.58 Å². The lowest BCUT2D eigenvalue weighted by Crippen LogP contribution is -2.39. The van der Waals surface area contributed by atoms with Gasteiger partial charge < -0.3 is 9.64 Å². The number of carbonyl (C=O) groups excluding carboxylic acids is 2. The number of hydrogen-bond acceptors (Lipinski definition) is 3. The van der Waals surface area contributed by atoms with Crippen molar-refractivity contribution in [3.05, 3.63) is 12.7 Å². The first-order valence-corrected chi connectivity index (χ1v) is 6.75. The lowest BCUT2D eigenvalue weighted by atomic mass is 10.1. The molecule has 0 aromatic carbocycles. The molecule has 0 aliphatic heterocycles. The summed E-state index contributed by atoms with van der Waals surface area (Å²) in [5, 5.41) is 0. The molecule has 1 saturated carbocycles. The molecule has 0 atom stereocenters. The Morgan fingerprint density at radius 3 is 2.56 bits per heavy atom. The lowest BCUT2D eigenvalue weighted by molar-refractivity contribution is -0.146. The van der Waals surface area contributed by atoms with Crippen molar-refractivity contribution in [2.75, 3.05) is 13.2 Å².